The van der Waals surface area contributed by atoms with E-state index >= 15 is 0 Å². The highest BCUT2D eigenvalue weighted by molar-refractivity contribution is 6.24. The summed E-state index contributed by atoms with van der Waals surface area (Å²) in [5, 5.41) is 5.24. The predicted molar refractivity (Wildman–Crippen MR) is 124 cm³/mol. The highest BCUT2D eigenvalue weighted by Crippen LogP contribution is 2.31. The maximum absolute atomic E-state index is 12.9. The zero-order chi connectivity index (χ0) is 24.6. The lowest BCUT2D eigenvalue weighted by atomic mass is 10.1. The molecule has 0 unspecified atom stereocenters. The summed E-state index contributed by atoms with van der Waals surface area (Å²) in [5.41, 5.74) is 0.408. The largest absolute Gasteiger partial charge is 0.496 e. The maximum Gasteiger partial charge on any atom is 0.412 e. The molecule has 0 aliphatic carbocycles. The molecule has 0 aliphatic heterocycles. The average molecular weight is 456 g/mol. The molecule has 0 fully saturated rings. The van der Waals surface area contributed by atoms with Crippen molar-refractivity contribution in [2.45, 2.75) is 26.4 Å². The topological polar surface area (TPSA) is 112 Å². The molecule has 0 radical (unpaired) electrons. The van der Waals surface area contributed by atoms with Gasteiger partial charge in [-0.15, -0.1) is 0 Å². The Labute approximate surface area is 192 Å². The number of ether oxygens (including phenoxy) is 4. The molecule has 2 N–H and O–H groups in total. The number of hydrogen-bond acceptors (Lipinski definition) is 7. The Morgan fingerprint density at radius 2 is 1.33 bits per heavy atom. The summed E-state index contributed by atoms with van der Waals surface area (Å²) >= 11 is 0. The summed E-state index contributed by atoms with van der Waals surface area (Å²) in [7, 11) is 4.12. The Kier molecular flexibility index (Phi) is 8.44. The fourth-order valence-corrected chi connectivity index (χ4v) is 2.75. The van der Waals surface area contributed by atoms with Crippen LogP contribution in [-0.4, -0.2) is 44.9 Å². The predicted octanol–water partition coefficient (Wildman–Crippen LogP) is 4.25. The molecule has 0 saturated carbocycles. The Morgan fingerprint density at radius 1 is 0.818 bits per heavy atom. The van der Waals surface area contributed by atoms with Crippen LogP contribution in [0.15, 0.2) is 48.0 Å². The van der Waals surface area contributed by atoms with Gasteiger partial charge >= 0.3 is 12.1 Å². The van der Waals surface area contributed by atoms with Gasteiger partial charge in [0, 0.05) is 11.4 Å². The molecule has 0 spiro atoms. The third-order valence-electron chi connectivity index (χ3n) is 4.19. The summed E-state index contributed by atoms with van der Waals surface area (Å²) in [6, 6.07) is 11.4. The summed E-state index contributed by atoms with van der Waals surface area (Å²) in [4.78, 5) is 37.1. The second-order valence-corrected chi connectivity index (χ2v) is 7.78. The van der Waals surface area contributed by atoms with E-state index in [2.05, 4.69) is 10.6 Å². The lowest BCUT2D eigenvalue weighted by Crippen LogP contribution is -2.27. The molecule has 9 nitrogen and oxygen atoms in total. The van der Waals surface area contributed by atoms with Gasteiger partial charge in [-0.25, -0.2) is 9.59 Å². The molecular formula is C24H28N2O7. The first-order chi connectivity index (χ1) is 15.6. The number of rotatable bonds is 7. The molecule has 2 aromatic carbocycles. The van der Waals surface area contributed by atoms with Crippen molar-refractivity contribution in [3.8, 4) is 11.5 Å². The first-order valence-electron chi connectivity index (χ1n) is 10.0. The maximum atomic E-state index is 12.9. The van der Waals surface area contributed by atoms with Crippen LogP contribution >= 0.6 is 0 Å². The van der Waals surface area contributed by atoms with Crippen molar-refractivity contribution in [2.24, 2.45) is 0 Å². The van der Waals surface area contributed by atoms with Crippen LogP contribution in [0.5, 0.6) is 11.5 Å². The minimum absolute atomic E-state index is 0.253. The number of methoxy groups -OCH3 is 3. The Hall–Kier alpha value is -4.01. The molecule has 0 aliphatic rings. The summed E-state index contributed by atoms with van der Waals surface area (Å²) in [5.74, 6) is -0.687. The average Bonchev–Trinajstić information content (AvgIpc) is 2.76. The van der Waals surface area contributed by atoms with Crippen LogP contribution in [0.25, 0.3) is 6.08 Å². The third kappa shape index (κ3) is 7.27. The van der Waals surface area contributed by atoms with Crippen LogP contribution in [0, 0.1) is 0 Å². The van der Waals surface area contributed by atoms with E-state index in [1.807, 2.05) is 0 Å². The van der Waals surface area contributed by atoms with Gasteiger partial charge in [0.2, 0.25) is 0 Å². The smallest absolute Gasteiger partial charge is 0.412 e. The van der Waals surface area contributed by atoms with Gasteiger partial charge < -0.3 is 24.3 Å². The van der Waals surface area contributed by atoms with Gasteiger partial charge in [-0.05, 0) is 63.2 Å². The second-order valence-electron chi connectivity index (χ2n) is 7.78. The van der Waals surface area contributed by atoms with E-state index in [-0.39, 0.29) is 5.57 Å². The van der Waals surface area contributed by atoms with E-state index in [9.17, 15) is 14.4 Å². The number of carbonyl (C=O) groups is 3. The van der Waals surface area contributed by atoms with Gasteiger partial charge in [0.25, 0.3) is 5.91 Å². The van der Waals surface area contributed by atoms with Crippen LogP contribution in [0.3, 0.4) is 0 Å². The van der Waals surface area contributed by atoms with E-state index in [1.165, 1.54) is 27.4 Å². The number of nitrogens with one attached hydrogen (secondary N) is 2. The van der Waals surface area contributed by atoms with Gasteiger partial charge in [-0.2, -0.15) is 0 Å². The molecule has 9 heteroatoms. The van der Waals surface area contributed by atoms with Crippen molar-refractivity contribution < 1.29 is 33.3 Å². The van der Waals surface area contributed by atoms with Gasteiger partial charge in [0.05, 0.1) is 26.9 Å². The summed E-state index contributed by atoms with van der Waals surface area (Å²) in [6.45, 7) is 5.29. The van der Waals surface area contributed by atoms with E-state index in [4.69, 9.17) is 18.9 Å². The normalized spacial score (nSPS) is 11.3. The third-order valence-corrected chi connectivity index (χ3v) is 4.19. The van der Waals surface area contributed by atoms with E-state index in [0.717, 1.165) is 0 Å². The Morgan fingerprint density at radius 3 is 1.79 bits per heavy atom. The van der Waals surface area contributed by atoms with Crippen molar-refractivity contribution in [1.29, 1.82) is 0 Å². The molecule has 0 saturated heterocycles. The number of hydrogen-bond donors (Lipinski definition) is 2. The quantitative estimate of drug-likeness (QED) is 0.277. The zero-order valence-corrected chi connectivity index (χ0v) is 19.5. The van der Waals surface area contributed by atoms with Crippen molar-refractivity contribution in [1.82, 2.24) is 0 Å². The fourth-order valence-electron chi connectivity index (χ4n) is 2.75. The molecule has 2 rings (SSSR count). The highest BCUT2D eigenvalue weighted by atomic mass is 16.6. The van der Waals surface area contributed by atoms with Crippen LogP contribution in [-0.2, 0) is 19.1 Å². The molecule has 0 aromatic heterocycles. The molecular weight excluding hydrogens is 428 g/mol. The van der Waals surface area contributed by atoms with Gasteiger partial charge in [-0.1, -0.05) is 6.07 Å². The van der Waals surface area contributed by atoms with Crippen molar-refractivity contribution in [3.05, 3.63) is 53.6 Å². The van der Waals surface area contributed by atoms with Gasteiger partial charge in [0.15, 0.2) is 0 Å². The SMILES string of the molecule is COC(=O)C(=Cc1c(OC)cccc1OC)C(=O)Nc1ccc(NC(=O)OC(C)(C)C)cc1. The van der Waals surface area contributed by atoms with Crippen LogP contribution in [0.4, 0.5) is 16.2 Å². The van der Waals surface area contributed by atoms with Crippen LogP contribution in [0.2, 0.25) is 0 Å². The molecule has 0 heterocycles. The van der Waals surface area contributed by atoms with Crippen molar-refractivity contribution >= 4 is 35.4 Å². The molecule has 2 amide bonds. The zero-order valence-electron chi connectivity index (χ0n) is 19.5. The van der Waals surface area contributed by atoms with Crippen molar-refractivity contribution in [2.75, 3.05) is 32.0 Å². The summed E-state index contributed by atoms with van der Waals surface area (Å²) < 4.78 is 20.6. The Bertz CT molecular complexity index is 1020. The summed E-state index contributed by atoms with van der Waals surface area (Å²) in [6.07, 6.45) is 0.748. The van der Waals surface area contributed by atoms with Gasteiger partial charge in [0.1, 0.15) is 22.7 Å². The minimum Gasteiger partial charge on any atom is -0.496 e. The van der Waals surface area contributed by atoms with Crippen LogP contribution in [0.1, 0.15) is 26.3 Å². The Balaban J connectivity index is 2.24. The number of carbonyl (C=O) groups excluding carboxylic acids is 3. The molecule has 0 bridgehead atoms. The van der Waals surface area contributed by atoms with Gasteiger partial charge in [-0.3, -0.25) is 10.1 Å². The highest BCUT2D eigenvalue weighted by Gasteiger charge is 2.22. The first kappa shape index (κ1) is 25.3. The van der Waals surface area contributed by atoms with E-state index in [0.29, 0.717) is 28.4 Å². The lowest BCUT2D eigenvalue weighted by Gasteiger charge is -2.19. The number of esters is 1. The van der Waals surface area contributed by atoms with Crippen LogP contribution < -0.4 is 20.1 Å². The fraction of sp³-hybridized carbons (Fsp3) is 0.292. The number of amides is 2. The molecule has 0 atom stereocenters. The second kappa shape index (κ2) is 11.0. The molecule has 176 valence electrons. The monoisotopic (exact) mass is 456 g/mol. The minimum atomic E-state index is -0.830. The van der Waals surface area contributed by atoms with Crippen molar-refractivity contribution in [3.63, 3.8) is 0 Å². The first-order valence-corrected chi connectivity index (χ1v) is 10.0. The standard InChI is InChI=1S/C24H28N2O7/c1-24(2,3)33-23(29)26-16-12-10-15(11-13-16)25-21(27)18(22(28)32-6)14-17-19(30-4)8-7-9-20(17)31-5/h7-14H,1-6H3,(H,25,27)(H,26,29). The number of benzene rings is 2. The lowest BCUT2D eigenvalue weighted by molar-refractivity contribution is -0.137. The number of anilines is 2. The molecule has 33 heavy (non-hydrogen) atoms. The van der Waals surface area contributed by atoms with E-state index < -0.39 is 23.6 Å². The molecule has 2 aromatic rings. The van der Waals surface area contributed by atoms with E-state index in [1.54, 1.807) is 63.2 Å².